The monoisotopic (exact) mass is 780 g/mol. The number of anilines is 1. The molecular weight excluding hydrogens is 745 g/mol. The lowest BCUT2D eigenvalue weighted by Crippen LogP contribution is -2.03. The zero-order valence-corrected chi connectivity index (χ0v) is 32.9. The lowest BCUT2D eigenvalue weighted by molar-refractivity contribution is 1.07. The highest BCUT2D eigenvalue weighted by atomic mass is 15.0. The summed E-state index contributed by atoms with van der Waals surface area (Å²) in [5.74, 6) is 1.67. The molecule has 0 atom stereocenters. The molecule has 0 saturated heterocycles. The van der Waals surface area contributed by atoms with Gasteiger partial charge in [0.15, 0.2) is 17.5 Å². The number of fused-ring (bicyclic) bond motifs is 8. The van der Waals surface area contributed by atoms with Crippen LogP contribution in [0.25, 0.3) is 111 Å². The quantitative estimate of drug-likeness (QED) is 0.171. The van der Waals surface area contributed by atoms with E-state index in [4.69, 9.17) is 20.7 Å². The van der Waals surface area contributed by atoms with Gasteiger partial charge in [-0.05, 0) is 59.0 Å². The van der Waals surface area contributed by atoms with Gasteiger partial charge in [0.25, 0.3) is 0 Å². The number of hydrogen-bond donors (Lipinski definition) is 1. The molecule has 0 amide bonds. The standard InChI is InChI=1S/C55H36N6/c56-46-32-30-40(34-45(46)55-58-53(38-17-5-2-6-18-38)57-54(59-55)39-28-26-36(27-29-39)35-14-3-1-4-15-35)60-48-23-11-9-21-42(48)43-31-33-50-51(52(43)60)44-22-10-12-24-49(44)61(50)47-25-13-19-37-16-7-8-20-41(37)47/h1-34H,56H2. The van der Waals surface area contributed by atoms with Crippen molar-refractivity contribution in [3.05, 3.63) is 206 Å². The van der Waals surface area contributed by atoms with Gasteiger partial charge in [-0.2, -0.15) is 0 Å². The molecule has 3 aromatic heterocycles. The number of nitrogens with two attached hydrogens (primary N) is 1. The minimum absolute atomic E-state index is 0.508. The fraction of sp³-hybridized carbons (Fsp3) is 0. The van der Waals surface area contributed by atoms with E-state index in [1.54, 1.807) is 0 Å². The van der Waals surface area contributed by atoms with E-state index in [0.29, 0.717) is 23.2 Å². The maximum absolute atomic E-state index is 6.93. The highest BCUT2D eigenvalue weighted by molar-refractivity contribution is 6.26. The molecule has 0 fully saturated rings. The minimum Gasteiger partial charge on any atom is -0.398 e. The van der Waals surface area contributed by atoms with Crippen LogP contribution in [-0.2, 0) is 0 Å². The first-order valence-corrected chi connectivity index (χ1v) is 20.5. The first kappa shape index (κ1) is 34.7. The van der Waals surface area contributed by atoms with Gasteiger partial charge in [-0.1, -0.05) is 164 Å². The summed E-state index contributed by atoms with van der Waals surface area (Å²) >= 11 is 0. The van der Waals surface area contributed by atoms with E-state index in [2.05, 4.69) is 173 Å². The molecule has 6 nitrogen and oxygen atoms in total. The van der Waals surface area contributed by atoms with Gasteiger partial charge in [0.1, 0.15) is 0 Å². The third-order valence-electron chi connectivity index (χ3n) is 11.9. The number of rotatable bonds is 6. The Morgan fingerprint density at radius 3 is 1.67 bits per heavy atom. The van der Waals surface area contributed by atoms with Gasteiger partial charge in [-0.15, -0.1) is 0 Å². The summed E-state index contributed by atoms with van der Waals surface area (Å²) in [4.78, 5) is 15.3. The molecule has 0 bridgehead atoms. The van der Waals surface area contributed by atoms with Crippen molar-refractivity contribution in [2.75, 3.05) is 5.73 Å². The molecule has 6 heteroatoms. The smallest absolute Gasteiger partial charge is 0.166 e. The predicted octanol–water partition coefficient (Wildman–Crippen LogP) is 13.5. The summed E-state index contributed by atoms with van der Waals surface area (Å²) < 4.78 is 4.81. The lowest BCUT2D eigenvalue weighted by atomic mass is 10.0. The Bertz CT molecular complexity index is 3640. The van der Waals surface area contributed by atoms with Crippen LogP contribution in [0.5, 0.6) is 0 Å². The van der Waals surface area contributed by atoms with Gasteiger partial charge >= 0.3 is 0 Å². The van der Waals surface area contributed by atoms with Crippen molar-refractivity contribution in [3.63, 3.8) is 0 Å². The first-order chi connectivity index (χ1) is 30.2. The lowest BCUT2D eigenvalue weighted by Gasteiger charge is -2.14. The Morgan fingerprint density at radius 1 is 0.361 bits per heavy atom. The Balaban J connectivity index is 1.10. The Hall–Kier alpha value is -8.35. The predicted molar refractivity (Wildman–Crippen MR) is 252 cm³/mol. The SMILES string of the molecule is Nc1ccc(-n2c3ccccc3c3ccc4c(c5ccccc5n4-c4cccc5ccccc45)c32)cc1-c1nc(-c2ccccc2)nc(-c2ccc(-c3ccccc3)cc2)n1. The van der Waals surface area contributed by atoms with Crippen LogP contribution in [0.1, 0.15) is 0 Å². The van der Waals surface area contributed by atoms with Crippen molar-refractivity contribution in [3.8, 4) is 56.7 Å². The normalized spacial score (nSPS) is 11.7. The number of hydrogen-bond acceptors (Lipinski definition) is 4. The molecule has 0 unspecified atom stereocenters. The zero-order chi connectivity index (χ0) is 40.4. The first-order valence-electron chi connectivity index (χ1n) is 20.5. The van der Waals surface area contributed by atoms with Crippen LogP contribution in [0.4, 0.5) is 5.69 Å². The number of benzene rings is 9. The molecule has 0 aliphatic heterocycles. The van der Waals surface area contributed by atoms with Gasteiger partial charge in [0.2, 0.25) is 0 Å². The number of aromatic nitrogens is 5. The Kier molecular flexibility index (Phi) is 7.90. The molecule has 0 aliphatic rings. The summed E-state index contributed by atoms with van der Waals surface area (Å²) in [5, 5.41) is 7.13. The molecule has 0 spiro atoms. The highest BCUT2D eigenvalue weighted by Gasteiger charge is 2.23. The van der Waals surface area contributed by atoms with Crippen molar-refractivity contribution >= 4 is 60.1 Å². The van der Waals surface area contributed by atoms with Crippen molar-refractivity contribution in [1.82, 2.24) is 24.1 Å². The van der Waals surface area contributed by atoms with E-state index in [9.17, 15) is 0 Å². The molecule has 0 radical (unpaired) electrons. The van der Waals surface area contributed by atoms with Crippen molar-refractivity contribution in [2.24, 2.45) is 0 Å². The molecule has 3 heterocycles. The highest BCUT2D eigenvalue weighted by Crippen LogP contribution is 2.43. The topological polar surface area (TPSA) is 74.5 Å². The van der Waals surface area contributed by atoms with E-state index >= 15 is 0 Å². The molecule has 12 aromatic rings. The summed E-state index contributed by atoms with van der Waals surface area (Å²) in [7, 11) is 0. The van der Waals surface area contributed by atoms with Crippen molar-refractivity contribution in [1.29, 1.82) is 0 Å². The molecule has 2 N–H and O–H groups in total. The van der Waals surface area contributed by atoms with Crippen LogP contribution in [0.3, 0.4) is 0 Å². The second-order valence-electron chi connectivity index (χ2n) is 15.4. The molecule has 0 aliphatic carbocycles. The average Bonchev–Trinajstić information content (AvgIpc) is 3.85. The average molecular weight is 781 g/mol. The number of nitrogen functional groups attached to an aromatic ring is 1. The van der Waals surface area contributed by atoms with E-state index in [1.165, 1.54) is 32.3 Å². The molecular formula is C55H36N6. The second-order valence-corrected chi connectivity index (χ2v) is 15.4. The van der Waals surface area contributed by atoms with Crippen LogP contribution in [0.15, 0.2) is 206 Å². The summed E-state index contributed by atoms with van der Waals surface area (Å²) in [6, 6.07) is 72.2. The fourth-order valence-electron chi connectivity index (χ4n) is 9.10. The van der Waals surface area contributed by atoms with Crippen LogP contribution in [0.2, 0.25) is 0 Å². The maximum atomic E-state index is 6.93. The molecule has 0 saturated carbocycles. The summed E-state index contributed by atoms with van der Waals surface area (Å²) in [6.07, 6.45) is 0. The number of nitrogens with zero attached hydrogens (tertiary/aromatic N) is 5. The Morgan fingerprint density at radius 2 is 0.918 bits per heavy atom. The van der Waals surface area contributed by atoms with Crippen LogP contribution in [-0.4, -0.2) is 24.1 Å². The third-order valence-corrected chi connectivity index (χ3v) is 11.9. The Labute approximate surface area is 351 Å². The van der Waals surface area contributed by atoms with E-state index in [1.807, 2.05) is 42.5 Å². The largest absolute Gasteiger partial charge is 0.398 e. The van der Waals surface area contributed by atoms with E-state index in [0.717, 1.165) is 61.3 Å². The fourth-order valence-corrected chi connectivity index (χ4v) is 9.10. The van der Waals surface area contributed by atoms with Crippen LogP contribution < -0.4 is 5.73 Å². The zero-order valence-electron chi connectivity index (χ0n) is 32.9. The molecule has 12 rings (SSSR count). The van der Waals surface area contributed by atoms with Crippen LogP contribution >= 0.6 is 0 Å². The second kappa shape index (κ2) is 13.9. The van der Waals surface area contributed by atoms with E-state index in [-0.39, 0.29) is 0 Å². The van der Waals surface area contributed by atoms with Gasteiger partial charge < -0.3 is 14.9 Å². The molecule has 286 valence electrons. The van der Waals surface area contributed by atoms with Gasteiger partial charge in [0.05, 0.1) is 27.8 Å². The minimum atomic E-state index is 0.508. The van der Waals surface area contributed by atoms with Gasteiger partial charge in [0, 0.05) is 55.0 Å². The summed E-state index contributed by atoms with van der Waals surface area (Å²) in [5.41, 5.74) is 18.9. The molecule has 61 heavy (non-hydrogen) atoms. The third kappa shape index (κ3) is 5.61. The molecule has 9 aromatic carbocycles. The maximum Gasteiger partial charge on any atom is 0.166 e. The van der Waals surface area contributed by atoms with E-state index < -0.39 is 0 Å². The number of para-hydroxylation sites is 2. The summed E-state index contributed by atoms with van der Waals surface area (Å²) in [6.45, 7) is 0. The van der Waals surface area contributed by atoms with Crippen molar-refractivity contribution in [2.45, 2.75) is 0 Å². The van der Waals surface area contributed by atoms with Crippen molar-refractivity contribution < 1.29 is 0 Å². The van der Waals surface area contributed by atoms with Gasteiger partial charge in [-0.3, -0.25) is 0 Å². The van der Waals surface area contributed by atoms with Gasteiger partial charge in [-0.25, -0.2) is 15.0 Å². The van der Waals surface area contributed by atoms with Crippen LogP contribution in [0, 0.1) is 0 Å².